The first-order valence-electron chi connectivity index (χ1n) is 8.06. The van der Waals surface area contributed by atoms with Crippen molar-refractivity contribution in [2.45, 2.75) is 46.6 Å². The maximum Gasteiger partial charge on any atom is 0.206 e. The van der Waals surface area contributed by atoms with Crippen LogP contribution >= 0.6 is 0 Å². The van der Waals surface area contributed by atoms with Crippen LogP contribution in [0.4, 0.5) is 0 Å². The molecule has 0 N–H and O–H groups in total. The van der Waals surface area contributed by atoms with Gasteiger partial charge < -0.3 is 0 Å². The summed E-state index contributed by atoms with van der Waals surface area (Å²) in [5.74, 6) is 0.385. The number of carbonyl (C=O) groups excluding carboxylic acids is 2. The minimum Gasteiger partial charge on any atom is -0.299 e. The second-order valence-electron chi connectivity index (χ2n) is 6.04. The predicted molar refractivity (Wildman–Crippen MR) is 90.3 cm³/mol. The molecule has 1 heterocycles. The Balaban J connectivity index is 2.06. The van der Waals surface area contributed by atoms with E-state index in [2.05, 4.69) is 0 Å². The van der Waals surface area contributed by atoms with Crippen molar-refractivity contribution in [3.63, 3.8) is 0 Å². The van der Waals surface area contributed by atoms with Crippen LogP contribution in [0, 0.1) is 13.8 Å². The van der Waals surface area contributed by atoms with Gasteiger partial charge in [-0.25, -0.2) is 0 Å². The van der Waals surface area contributed by atoms with Crippen molar-refractivity contribution in [2.24, 2.45) is 0 Å². The summed E-state index contributed by atoms with van der Waals surface area (Å²) in [6, 6.07) is 9.92. The van der Waals surface area contributed by atoms with Crippen LogP contribution in [-0.2, 0) is 29.0 Å². The average Bonchev–Trinajstić information content (AvgIpc) is 2.51. The van der Waals surface area contributed by atoms with Crippen molar-refractivity contribution in [1.82, 2.24) is 0 Å². The first kappa shape index (κ1) is 17.1. The molecule has 0 saturated carbocycles. The van der Waals surface area contributed by atoms with Crippen LogP contribution in [0.15, 0.2) is 42.7 Å². The zero-order chi connectivity index (χ0) is 16.8. The Morgan fingerprint density at radius 1 is 0.957 bits per heavy atom. The molecule has 3 heteroatoms. The minimum absolute atomic E-state index is 0.173. The molecule has 0 atom stereocenters. The predicted octanol–water partition coefficient (Wildman–Crippen LogP) is 2.92. The molecule has 2 aromatic rings. The van der Waals surface area contributed by atoms with Gasteiger partial charge in [0.1, 0.15) is 5.78 Å². The third kappa shape index (κ3) is 4.85. The quantitative estimate of drug-likeness (QED) is 0.738. The average molecular weight is 310 g/mol. The van der Waals surface area contributed by atoms with E-state index in [0.29, 0.717) is 25.8 Å². The van der Waals surface area contributed by atoms with E-state index in [0.717, 1.165) is 22.3 Å². The van der Waals surface area contributed by atoms with E-state index in [9.17, 15) is 9.59 Å². The van der Waals surface area contributed by atoms with E-state index >= 15 is 0 Å². The zero-order valence-corrected chi connectivity index (χ0v) is 14.1. The SMILES string of the molecule is CCC(=O)Cc1ccc[n+](CC(=O)Cc2c(C)cccc2C)c1. The van der Waals surface area contributed by atoms with Gasteiger partial charge in [0.25, 0.3) is 0 Å². The lowest BCUT2D eigenvalue weighted by atomic mass is 9.98. The highest BCUT2D eigenvalue weighted by Crippen LogP contribution is 2.14. The molecule has 0 radical (unpaired) electrons. The number of pyridine rings is 1. The summed E-state index contributed by atoms with van der Waals surface area (Å²) in [7, 11) is 0. The minimum atomic E-state index is 0.173. The Morgan fingerprint density at radius 3 is 2.30 bits per heavy atom. The van der Waals surface area contributed by atoms with Crippen LogP contribution in [-0.4, -0.2) is 11.6 Å². The summed E-state index contributed by atoms with van der Waals surface area (Å²) in [6.45, 7) is 6.29. The molecule has 0 fully saturated rings. The molecule has 0 spiro atoms. The van der Waals surface area contributed by atoms with Crippen LogP contribution in [0.25, 0.3) is 0 Å². The molecule has 3 nitrogen and oxygen atoms in total. The molecule has 0 unspecified atom stereocenters. The first-order chi connectivity index (χ1) is 11.0. The van der Waals surface area contributed by atoms with E-state index in [1.807, 2.05) is 68.1 Å². The Kier molecular flexibility index (Phi) is 5.80. The summed E-state index contributed by atoms with van der Waals surface area (Å²) >= 11 is 0. The van der Waals surface area contributed by atoms with Gasteiger partial charge in [-0.3, -0.25) is 9.59 Å². The van der Waals surface area contributed by atoms with E-state index in [4.69, 9.17) is 0 Å². The van der Waals surface area contributed by atoms with Crippen LogP contribution < -0.4 is 4.57 Å². The summed E-state index contributed by atoms with van der Waals surface area (Å²) in [5, 5.41) is 0. The molecular formula is C20H24NO2+. The normalized spacial score (nSPS) is 10.6. The fourth-order valence-corrected chi connectivity index (χ4v) is 2.72. The fourth-order valence-electron chi connectivity index (χ4n) is 2.72. The van der Waals surface area contributed by atoms with Gasteiger partial charge in [0.05, 0.1) is 0 Å². The summed E-state index contributed by atoms with van der Waals surface area (Å²) in [6.07, 6.45) is 5.20. The van der Waals surface area contributed by atoms with Gasteiger partial charge in [0, 0.05) is 30.9 Å². The highest BCUT2D eigenvalue weighted by molar-refractivity contribution is 5.81. The maximum atomic E-state index is 12.4. The Morgan fingerprint density at radius 2 is 1.65 bits per heavy atom. The maximum absolute atomic E-state index is 12.4. The first-order valence-corrected chi connectivity index (χ1v) is 8.06. The number of carbonyl (C=O) groups is 2. The van der Waals surface area contributed by atoms with Gasteiger partial charge in [-0.1, -0.05) is 25.1 Å². The highest BCUT2D eigenvalue weighted by Gasteiger charge is 2.14. The summed E-state index contributed by atoms with van der Waals surface area (Å²) in [5.41, 5.74) is 4.39. The van der Waals surface area contributed by atoms with E-state index in [1.165, 1.54) is 0 Å². The van der Waals surface area contributed by atoms with Crippen LogP contribution in [0.5, 0.6) is 0 Å². The third-order valence-electron chi connectivity index (χ3n) is 4.09. The summed E-state index contributed by atoms with van der Waals surface area (Å²) < 4.78 is 1.87. The monoisotopic (exact) mass is 310 g/mol. The lowest BCUT2D eigenvalue weighted by Gasteiger charge is -2.08. The van der Waals surface area contributed by atoms with Crippen molar-refractivity contribution >= 4 is 11.6 Å². The van der Waals surface area contributed by atoms with Gasteiger partial charge in [0.2, 0.25) is 12.3 Å². The standard InChI is InChI=1S/C20H24NO2/c1-4-18(22)11-17-9-6-10-21(13-17)14-19(23)12-20-15(2)7-5-8-16(20)3/h5-10,13H,4,11-12,14H2,1-3H3/q+1. The van der Waals surface area contributed by atoms with E-state index in [1.54, 1.807) is 0 Å². The Labute approximate surface area is 138 Å². The molecule has 0 saturated heterocycles. The van der Waals surface area contributed by atoms with Gasteiger partial charge in [-0.05, 0) is 36.6 Å². The molecule has 0 amide bonds. The van der Waals surface area contributed by atoms with E-state index in [-0.39, 0.29) is 11.6 Å². The number of ketones is 2. The molecule has 0 aliphatic carbocycles. The van der Waals surface area contributed by atoms with Crippen LogP contribution in [0.2, 0.25) is 0 Å². The zero-order valence-electron chi connectivity index (χ0n) is 14.1. The van der Waals surface area contributed by atoms with Gasteiger partial charge in [-0.15, -0.1) is 0 Å². The molecule has 1 aromatic heterocycles. The smallest absolute Gasteiger partial charge is 0.206 e. The van der Waals surface area contributed by atoms with Gasteiger partial charge in [-0.2, -0.15) is 4.57 Å². The lowest BCUT2D eigenvalue weighted by Crippen LogP contribution is -2.38. The second-order valence-corrected chi connectivity index (χ2v) is 6.04. The van der Waals surface area contributed by atoms with Crippen molar-refractivity contribution in [3.8, 4) is 0 Å². The Hall–Kier alpha value is -2.29. The number of aryl methyl sites for hydroxylation is 2. The molecule has 23 heavy (non-hydrogen) atoms. The molecule has 1 aromatic carbocycles. The number of aromatic nitrogens is 1. The number of hydrogen-bond donors (Lipinski definition) is 0. The Bertz CT molecular complexity index is 699. The van der Waals surface area contributed by atoms with E-state index < -0.39 is 0 Å². The van der Waals surface area contributed by atoms with Crippen molar-refractivity contribution in [2.75, 3.05) is 0 Å². The van der Waals surface area contributed by atoms with Crippen molar-refractivity contribution < 1.29 is 14.2 Å². The molecule has 2 rings (SSSR count). The molecule has 0 aliphatic heterocycles. The van der Waals surface area contributed by atoms with Crippen molar-refractivity contribution in [1.29, 1.82) is 0 Å². The largest absolute Gasteiger partial charge is 0.299 e. The number of rotatable bonds is 7. The third-order valence-corrected chi connectivity index (χ3v) is 4.09. The van der Waals surface area contributed by atoms with Crippen LogP contribution in [0.3, 0.4) is 0 Å². The number of Topliss-reactive ketones (excluding diaryl/α,β-unsaturated/α-hetero) is 2. The van der Waals surface area contributed by atoms with Gasteiger partial charge >= 0.3 is 0 Å². The number of nitrogens with zero attached hydrogens (tertiary/aromatic N) is 1. The lowest BCUT2D eigenvalue weighted by molar-refractivity contribution is -0.684. The molecule has 0 bridgehead atoms. The van der Waals surface area contributed by atoms with Gasteiger partial charge in [0.15, 0.2) is 12.4 Å². The molecule has 120 valence electrons. The number of benzene rings is 1. The molecule has 0 aliphatic rings. The topological polar surface area (TPSA) is 38.0 Å². The van der Waals surface area contributed by atoms with Crippen LogP contribution in [0.1, 0.15) is 35.6 Å². The summed E-state index contributed by atoms with van der Waals surface area (Å²) in [4.78, 5) is 23.9. The highest BCUT2D eigenvalue weighted by atomic mass is 16.1. The second kappa shape index (κ2) is 7.82. The molecular weight excluding hydrogens is 286 g/mol. The van der Waals surface area contributed by atoms with Crippen molar-refractivity contribution in [3.05, 3.63) is 65.0 Å². The fraction of sp³-hybridized carbons (Fsp3) is 0.350. The number of hydrogen-bond acceptors (Lipinski definition) is 2.